The van der Waals surface area contributed by atoms with E-state index in [1.54, 1.807) is 4.90 Å². The Labute approximate surface area is 127 Å². The molecule has 2 fully saturated rings. The number of aryl methyl sites for hydroxylation is 1. The van der Waals surface area contributed by atoms with E-state index in [4.69, 9.17) is 4.52 Å². The lowest BCUT2D eigenvalue weighted by atomic mass is 9.93. The number of carbonyl (C=O) groups excluding carboxylic acids is 1. The maximum atomic E-state index is 13.4. The Morgan fingerprint density at radius 2 is 1.91 bits per heavy atom. The van der Waals surface area contributed by atoms with Crippen LogP contribution >= 0.6 is 0 Å². The van der Waals surface area contributed by atoms with Crippen molar-refractivity contribution in [2.75, 3.05) is 18.4 Å². The first kappa shape index (κ1) is 14.0. The molecule has 1 aliphatic heterocycles. The highest BCUT2D eigenvalue weighted by Crippen LogP contribution is 2.65. The van der Waals surface area contributed by atoms with Crippen molar-refractivity contribution in [3.8, 4) is 0 Å². The zero-order chi connectivity index (χ0) is 15.4. The van der Waals surface area contributed by atoms with E-state index < -0.39 is 11.3 Å². The van der Waals surface area contributed by atoms with Crippen LogP contribution < -0.4 is 5.32 Å². The van der Waals surface area contributed by atoms with Crippen LogP contribution in [0.2, 0.25) is 0 Å². The minimum Gasteiger partial charge on any atom is -0.359 e. The molecule has 1 spiro atoms. The summed E-state index contributed by atoms with van der Waals surface area (Å²) in [6, 6.07) is -0.263. The number of hydrogen-bond acceptors (Lipinski definition) is 3. The second kappa shape index (κ2) is 4.67. The number of piperidine rings is 1. The van der Waals surface area contributed by atoms with E-state index >= 15 is 0 Å². The molecule has 0 atom stereocenters. The first-order chi connectivity index (χ1) is 10.5. The van der Waals surface area contributed by atoms with Crippen LogP contribution in [0.5, 0.6) is 0 Å². The van der Waals surface area contributed by atoms with E-state index in [1.807, 2.05) is 0 Å². The van der Waals surface area contributed by atoms with E-state index in [0.717, 1.165) is 37.0 Å². The van der Waals surface area contributed by atoms with Gasteiger partial charge >= 0.3 is 6.03 Å². The molecule has 22 heavy (non-hydrogen) atoms. The Hall–Kier alpha value is -1.66. The predicted molar refractivity (Wildman–Crippen MR) is 75.0 cm³/mol. The molecule has 4 rings (SSSR count). The number of carbonyl (C=O) groups is 1. The fourth-order valence-electron chi connectivity index (χ4n) is 3.72. The van der Waals surface area contributed by atoms with Crippen LogP contribution in [0.4, 0.5) is 19.4 Å². The summed E-state index contributed by atoms with van der Waals surface area (Å²) >= 11 is 0. The number of nitrogens with one attached hydrogen (secondary N) is 1. The van der Waals surface area contributed by atoms with Gasteiger partial charge in [-0.15, -0.1) is 0 Å². The summed E-state index contributed by atoms with van der Waals surface area (Å²) in [4.78, 5) is 13.9. The molecule has 1 saturated heterocycles. The van der Waals surface area contributed by atoms with Crippen molar-refractivity contribution in [3.63, 3.8) is 0 Å². The quantitative estimate of drug-likeness (QED) is 0.866. The Morgan fingerprint density at radius 3 is 2.59 bits per heavy atom. The molecule has 1 saturated carbocycles. The molecular formula is C15H19F2N3O2. The molecule has 0 aromatic carbocycles. The molecular weight excluding hydrogens is 292 g/mol. The Balaban J connectivity index is 1.38. The maximum absolute atomic E-state index is 13.4. The van der Waals surface area contributed by atoms with Crippen molar-refractivity contribution in [3.05, 3.63) is 11.3 Å². The number of hydrogen-bond donors (Lipinski definition) is 1. The number of alkyl halides is 2. The van der Waals surface area contributed by atoms with Crippen molar-refractivity contribution >= 4 is 11.8 Å². The molecule has 5 nitrogen and oxygen atoms in total. The highest BCUT2D eigenvalue weighted by Gasteiger charge is 2.70. The molecule has 1 N–H and O–H groups in total. The lowest BCUT2D eigenvalue weighted by Crippen LogP contribution is -2.42. The summed E-state index contributed by atoms with van der Waals surface area (Å²) in [7, 11) is 0. The largest absolute Gasteiger partial charge is 0.359 e. The summed E-state index contributed by atoms with van der Waals surface area (Å²) in [5.41, 5.74) is 0.151. The van der Waals surface area contributed by atoms with Gasteiger partial charge in [-0.1, -0.05) is 5.16 Å². The lowest BCUT2D eigenvalue weighted by Gasteiger charge is -2.32. The molecule has 7 heteroatoms. The highest BCUT2D eigenvalue weighted by atomic mass is 19.3. The van der Waals surface area contributed by atoms with Gasteiger partial charge < -0.3 is 9.42 Å². The van der Waals surface area contributed by atoms with Crippen molar-refractivity contribution in [2.24, 2.45) is 5.41 Å². The number of rotatable bonds is 1. The number of amides is 2. The molecule has 0 unspecified atom stereocenters. The van der Waals surface area contributed by atoms with E-state index in [-0.39, 0.29) is 12.5 Å². The van der Waals surface area contributed by atoms with Gasteiger partial charge in [0.1, 0.15) is 5.76 Å². The van der Waals surface area contributed by atoms with Gasteiger partial charge in [0.15, 0.2) is 5.82 Å². The van der Waals surface area contributed by atoms with Gasteiger partial charge in [-0.25, -0.2) is 13.6 Å². The van der Waals surface area contributed by atoms with E-state index in [0.29, 0.717) is 31.7 Å². The van der Waals surface area contributed by atoms with Gasteiger partial charge in [-0.3, -0.25) is 5.32 Å². The van der Waals surface area contributed by atoms with Crippen molar-refractivity contribution in [1.82, 2.24) is 10.1 Å². The van der Waals surface area contributed by atoms with Crippen molar-refractivity contribution < 1.29 is 18.1 Å². The average Bonchev–Trinajstić information content (AvgIpc) is 2.84. The number of likely N-dealkylation sites (tertiary alicyclic amines) is 1. The first-order valence-electron chi connectivity index (χ1n) is 7.92. The minimum absolute atomic E-state index is 0.0216. The lowest BCUT2D eigenvalue weighted by molar-refractivity contribution is 0.0380. The number of halogens is 2. The van der Waals surface area contributed by atoms with Crippen LogP contribution in [-0.4, -0.2) is 35.1 Å². The zero-order valence-electron chi connectivity index (χ0n) is 12.3. The Kier molecular flexibility index (Phi) is 2.96. The van der Waals surface area contributed by atoms with Crippen LogP contribution in [0.3, 0.4) is 0 Å². The monoisotopic (exact) mass is 311 g/mol. The molecule has 0 radical (unpaired) electrons. The minimum atomic E-state index is -2.53. The molecule has 1 aromatic rings. The summed E-state index contributed by atoms with van der Waals surface area (Å²) in [5, 5.41) is 6.73. The summed E-state index contributed by atoms with van der Waals surface area (Å²) in [5.74, 6) is -1.17. The third-order valence-corrected chi connectivity index (χ3v) is 5.39. The molecule has 3 aliphatic rings. The van der Waals surface area contributed by atoms with Crippen LogP contribution in [0.15, 0.2) is 4.52 Å². The van der Waals surface area contributed by atoms with E-state index in [2.05, 4.69) is 10.5 Å². The van der Waals surface area contributed by atoms with Gasteiger partial charge in [0.2, 0.25) is 0 Å². The fraction of sp³-hybridized carbons (Fsp3) is 0.733. The molecule has 2 aliphatic carbocycles. The number of fused-ring (bicyclic) bond motifs is 1. The SMILES string of the molecule is O=C(Nc1noc2c1CCCC2)N1CCC2(CC1)CC2(F)F. The van der Waals surface area contributed by atoms with Crippen molar-refractivity contribution in [2.45, 2.75) is 50.9 Å². The topological polar surface area (TPSA) is 58.4 Å². The second-order valence-electron chi connectivity index (χ2n) is 6.72. The molecule has 120 valence electrons. The van der Waals surface area contributed by atoms with Gasteiger partial charge in [-0.2, -0.15) is 0 Å². The number of anilines is 1. The van der Waals surface area contributed by atoms with Crippen LogP contribution in [0.1, 0.15) is 43.4 Å². The number of aromatic nitrogens is 1. The normalized spacial score (nSPS) is 24.9. The molecule has 1 aromatic heterocycles. The van der Waals surface area contributed by atoms with Gasteiger partial charge in [-0.05, 0) is 32.1 Å². The fourth-order valence-corrected chi connectivity index (χ4v) is 3.72. The molecule has 0 bridgehead atoms. The summed E-state index contributed by atoms with van der Waals surface area (Å²) in [6.45, 7) is 0.753. The number of urea groups is 1. The van der Waals surface area contributed by atoms with E-state index in [9.17, 15) is 13.6 Å². The molecule has 2 amide bonds. The average molecular weight is 311 g/mol. The highest BCUT2D eigenvalue weighted by molar-refractivity contribution is 5.89. The maximum Gasteiger partial charge on any atom is 0.323 e. The predicted octanol–water partition coefficient (Wildman–Crippen LogP) is 3.21. The van der Waals surface area contributed by atoms with E-state index in [1.165, 1.54) is 0 Å². The van der Waals surface area contributed by atoms with Gasteiger partial charge in [0.25, 0.3) is 5.92 Å². The standard InChI is InChI=1S/C15H19F2N3O2/c16-15(17)9-14(15)5-7-20(8-6-14)13(21)18-12-10-3-1-2-4-11(10)22-19-12/h1-9H2,(H,18,19,21). The third kappa shape index (κ3) is 2.09. The van der Waals surface area contributed by atoms with Crippen LogP contribution in [0, 0.1) is 5.41 Å². The van der Waals surface area contributed by atoms with Gasteiger partial charge in [0, 0.05) is 36.9 Å². The summed E-state index contributed by atoms with van der Waals surface area (Å²) in [6.07, 6.45) is 4.61. The first-order valence-corrected chi connectivity index (χ1v) is 7.92. The second-order valence-corrected chi connectivity index (χ2v) is 6.72. The van der Waals surface area contributed by atoms with Crippen LogP contribution in [0.25, 0.3) is 0 Å². The zero-order valence-corrected chi connectivity index (χ0v) is 12.3. The number of nitrogens with zero attached hydrogens (tertiary/aromatic N) is 2. The summed E-state index contributed by atoms with van der Waals surface area (Å²) < 4.78 is 32.0. The smallest absolute Gasteiger partial charge is 0.323 e. The Morgan fingerprint density at radius 1 is 1.23 bits per heavy atom. The Bertz CT molecular complexity index is 606. The van der Waals surface area contributed by atoms with Gasteiger partial charge in [0.05, 0.1) is 0 Å². The molecule has 2 heterocycles. The third-order valence-electron chi connectivity index (χ3n) is 5.39. The van der Waals surface area contributed by atoms with Crippen LogP contribution in [-0.2, 0) is 12.8 Å². The van der Waals surface area contributed by atoms with Crippen molar-refractivity contribution in [1.29, 1.82) is 0 Å².